The first kappa shape index (κ1) is 13.7. The Bertz CT molecular complexity index is 799. The van der Waals surface area contributed by atoms with Crippen LogP contribution in [0.4, 0.5) is 13.2 Å². The molecule has 0 spiro atoms. The van der Waals surface area contributed by atoms with Gasteiger partial charge in [-0.15, -0.1) is 0 Å². The molecule has 0 unspecified atom stereocenters. The molecule has 0 saturated heterocycles. The number of nitrogens with zero attached hydrogens (tertiary/aromatic N) is 2. The van der Waals surface area contributed by atoms with Crippen molar-refractivity contribution in [1.82, 2.24) is 9.61 Å². The van der Waals surface area contributed by atoms with Crippen molar-refractivity contribution in [2.24, 2.45) is 0 Å². The summed E-state index contributed by atoms with van der Waals surface area (Å²) in [5, 5.41) is 4.28. The van der Waals surface area contributed by atoms with Gasteiger partial charge in [0.15, 0.2) is 0 Å². The molecule has 0 aliphatic rings. The van der Waals surface area contributed by atoms with Crippen LogP contribution < -0.4 is 0 Å². The smallest absolute Gasteiger partial charge is 0.240 e. The van der Waals surface area contributed by atoms with Gasteiger partial charge in [-0.1, -0.05) is 29.8 Å². The second-order valence-corrected chi connectivity index (χ2v) is 5.07. The molecule has 0 amide bonds. The maximum absolute atomic E-state index is 12.9. The van der Waals surface area contributed by atoms with E-state index in [1.54, 1.807) is 6.92 Å². The van der Waals surface area contributed by atoms with Crippen LogP contribution >= 0.6 is 0 Å². The third kappa shape index (κ3) is 2.39. The second-order valence-electron chi connectivity index (χ2n) is 5.07. The predicted molar refractivity (Wildman–Crippen MR) is 75.1 cm³/mol. The van der Waals surface area contributed by atoms with E-state index in [1.165, 1.54) is 10.7 Å². The number of aryl methyl sites for hydroxylation is 2. The highest BCUT2D eigenvalue weighted by Crippen LogP contribution is 2.34. The molecule has 0 aliphatic heterocycles. The summed E-state index contributed by atoms with van der Waals surface area (Å²) in [6, 6.07) is 9.87. The van der Waals surface area contributed by atoms with E-state index in [4.69, 9.17) is 0 Å². The van der Waals surface area contributed by atoms with Crippen LogP contribution in [0.2, 0.25) is 0 Å². The van der Waals surface area contributed by atoms with Crippen molar-refractivity contribution in [2.75, 3.05) is 0 Å². The molecule has 0 fully saturated rings. The molecule has 5 heteroatoms. The monoisotopic (exact) mass is 290 g/mol. The first-order valence-corrected chi connectivity index (χ1v) is 6.49. The van der Waals surface area contributed by atoms with Gasteiger partial charge in [0, 0.05) is 11.8 Å². The fourth-order valence-electron chi connectivity index (χ4n) is 2.42. The molecule has 2 aromatic heterocycles. The van der Waals surface area contributed by atoms with Crippen LogP contribution in [0.1, 0.15) is 16.8 Å². The number of hydrogen-bond acceptors (Lipinski definition) is 1. The summed E-state index contributed by atoms with van der Waals surface area (Å²) >= 11 is 0. The third-order valence-corrected chi connectivity index (χ3v) is 3.48. The lowest BCUT2D eigenvalue weighted by Crippen LogP contribution is -2.05. The first-order chi connectivity index (χ1) is 9.86. The van der Waals surface area contributed by atoms with Crippen molar-refractivity contribution in [3.63, 3.8) is 0 Å². The highest BCUT2D eigenvalue weighted by atomic mass is 19.4. The molecule has 0 bridgehead atoms. The molecular formula is C16H13F3N2. The molecular weight excluding hydrogens is 277 g/mol. The maximum atomic E-state index is 12.9. The molecule has 1 aromatic carbocycles. The summed E-state index contributed by atoms with van der Waals surface area (Å²) in [5.74, 6) is 0. The number of alkyl halides is 3. The average Bonchev–Trinajstić information content (AvgIpc) is 2.74. The fourth-order valence-corrected chi connectivity index (χ4v) is 2.42. The average molecular weight is 290 g/mol. The lowest BCUT2D eigenvalue weighted by Gasteiger charge is -2.07. The van der Waals surface area contributed by atoms with Crippen molar-refractivity contribution >= 4 is 5.52 Å². The summed E-state index contributed by atoms with van der Waals surface area (Å²) in [7, 11) is 0. The minimum absolute atomic E-state index is 0.464. The number of rotatable bonds is 1. The van der Waals surface area contributed by atoms with Crippen LogP contribution in [0, 0.1) is 13.8 Å². The van der Waals surface area contributed by atoms with Gasteiger partial charge in [-0.25, -0.2) is 4.52 Å². The zero-order valence-electron chi connectivity index (χ0n) is 11.6. The highest BCUT2D eigenvalue weighted by Gasteiger charge is 2.31. The van der Waals surface area contributed by atoms with Crippen molar-refractivity contribution in [2.45, 2.75) is 20.0 Å². The van der Waals surface area contributed by atoms with Crippen LogP contribution in [0.15, 0.2) is 42.6 Å². The standard InChI is InChI=1S/C16H13F3N2/c1-10-3-5-12(6-4-10)15-11(2)20-21-8-7-13(9-14(15)21)16(17,18)19/h3-9H,1-2H3. The molecule has 21 heavy (non-hydrogen) atoms. The lowest BCUT2D eigenvalue weighted by atomic mass is 10.0. The fraction of sp³-hybridized carbons (Fsp3) is 0.188. The Morgan fingerprint density at radius 3 is 2.29 bits per heavy atom. The maximum Gasteiger partial charge on any atom is 0.416 e. The number of fused-ring (bicyclic) bond motifs is 1. The van der Waals surface area contributed by atoms with Gasteiger partial charge in [-0.3, -0.25) is 0 Å². The van der Waals surface area contributed by atoms with E-state index >= 15 is 0 Å². The van der Waals surface area contributed by atoms with Gasteiger partial charge in [0.05, 0.1) is 16.8 Å². The second kappa shape index (κ2) is 4.62. The number of aromatic nitrogens is 2. The largest absolute Gasteiger partial charge is 0.416 e. The molecule has 0 aliphatic carbocycles. The molecule has 0 radical (unpaired) electrons. The number of pyridine rings is 1. The van der Waals surface area contributed by atoms with Gasteiger partial charge < -0.3 is 0 Å². The summed E-state index contributed by atoms with van der Waals surface area (Å²) in [6.07, 6.45) is -3.01. The molecule has 2 heterocycles. The predicted octanol–water partition coefficient (Wildman–Crippen LogP) is 4.64. The van der Waals surface area contributed by atoms with Gasteiger partial charge >= 0.3 is 6.18 Å². The minimum Gasteiger partial charge on any atom is -0.240 e. The molecule has 0 N–H and O–H groups in total. The number of benzene rings is 1. The summed E-state index contributed by atoms with van der Waals surface area (Å²) in [4.78, 5) is 0. The van der Waals surface area contributed by atoms with Gasteiger partial charge in [0.1, 0.15) is 0 Å². The van der Waals surface area contributed by atoms with Crippen molar-refractivity contribution < 1.29 is 13.2 Å². The Balaban J connectivity index is 2.26. The number of halogens is 3. The van der Waals surface area contributed by atoms with E-state index in [1.807, 2.05) is 31.2 Å². The minimum atomic E-state index is -4.36. The zero-order chi connectivity index (χ0) is 15.2. The first-order valence-electron chi connectivity index (χ1n) is 6.49. The van der Waals surface area contributed by atoms with Gasteiger partial charge in [-0.2, -0.15) is 18.3 Å². The SMILES string of the molecule is Cc1ccc(-c2c(C)nn3ccc(C(F)(F)F)cc23)cc1. The van der Waals surface area contributed by atoms with Crippen LogP contribution in [-0.2, 0) is 6.18 Å². The van der Waals surface area contributed by atoms with E-state index in [2.05, 4.69) is 5.10 Å². The van der Waals surface area contributed by atoms with E-state index in [0.29, 0.717) is 11.2 Å². The highest BCUT2D eigenvalue weighted by molar-refractivity contribution is 5.82. The van der Waals surface area contributed by atoms with Crippen LogP contribution in [0.25, 0.3) is 16.6 Å². The Morgan fingerprint density at radius 2 is 1.67 bits per heavy atom. The normalized spacial score (nSPS) is 12.0. The molecule has 0 atom stereocenters. The third-order valence-electron chi connectivity index (χ3n) is 3.48. The topological polar surface area (TPSA) is 17.3 Å². The van der Waals surface area contributed by atoms with Crippen molar-refractivity contribution in [3.05, 3.63) is 59.4 Å². The molecule has 2 nitrogen and oxygen atoms in total. The van der Waals surface area contributed by atoms with Crippen molar-refractivity contribution in [3.8, 4) is 11.1 Å². The molecule has 0 saturated carbocycles. The van der Waals surface area contributed by atoms with Gasteiger partial charge in [0.2, 0.25) is 0 Å². The summed E-state index contributed by atoms with van der Waals surface area (Å²) in [5.41, 5.74) is 3.21. The van der Waals surface area contributed by atoms with Gasteiger partial charge in [0.25, 0.3) is 0 Å². The quantitative estimate of drug-likeness (QED) is 0.638. The van der Waals surface area contributed by atoms with Crippen LogP contribution in [0.3, 0.4) is 0 Å². The Hall–Kier alpha value is -2.30. The van der Waals surface area contributed by atoms with Crippen LogP contribution in [-0.4, -0.2) is 9.61 Å². The summed E-state index contributed by atoms with van der Waals surface area (Å²) < 4.78 is 40.1. The Kier molecular flexibility index (Phi) is 3.01. The van der Waals surface area contributed by atoms with E-state index < -0.39 is 11.7 Å². The lowest BCUT2D eigenvalue weighted by molar-refractivity contribution is -0.137. The van der Waals surface area contributed by atoms with Crippen LogP contribution in [0.5, 0.6) is 0 Å². The number of hydrogen-bond donors (Lipinski definition) is 0. The van der Waals surface area contributed by atoms with E-state index in [9.17, 15) is 13.2 Å². The molecule has 3 rings (SSSR count). The Morgan fingerprint density at radius 1 is 1.00 bits per heavy atom. The Labute approximate surface area is 119 Å². The van der Waals surface area contributed by atoms with E-state index in [0.717, 1.165) is 28.8 Å². The molecule has 3 aromatic rings. The molecule has 108 valence electrons. The summed E-state index contributed by atoms with van der Waals surface area (Å²) in [6.45, 7) is 3.77. The van der Waals surface area contributed by atoms with Crippen molar-refractivity contribution in [1.29, 1.82) is 0 Å². The van der Waals surface area contributed by atoms with E-state index in [-0.39, 0.29) is 0 Å². The zero-order valence-corrected chi connectivity index (χ0v) is 11.6. The van der Waals surface area contributed by atoms with Gasteiger partial charge in [-0.05, 0) is 31.5 Å².